The van der Waals surface area contributed by atoms with Gasteiger partial charge in [0.25, 0.3) is 5.91 Å². The Morgan fingerprint density at radius 1 is 0.556 bits per heavy atom. The topological polar surface area (TPSA) is 85.1 Å². The lowest BCUT2D eigenvalue weighted by Crippen LogP contribution is -2.37. The zero-order valence-electron chi connectivity index (χ0n) is 22.3. The van der Waals surface area contributed by atoms with Crippen molar-refractivity contribution in [1.29, 1.82) is 0 Å². The highest BCUT2D eigenvalue weighted by atomic mass is 16.2. The van der Waals surface area contributed by atoms with E-state index in [1.807, 2.05) is 0 Å². The van der Waals surface area contributed by atoms with Crippen LogP contribution in [0.5, 0.6) is 0 Å². The van der Waals surface area contributed by atoms with Gasteiger partial charge >= 0.3 is 6.03 Å². The van der Waals surface area contributed by atoms with Gasteiger partial charge in [-0.05, 0) is 85.8 Å². The minimum atomic E-state index is -0.772. The van der Waals surface area contributed by atoms with Crippen LogP contribution in [-0.2, 0) is 0 Å². The van der Waals surface area contributed by atoms with E-state index < -0.39 is 6.03 Å². The number of rotatable bonds is 5. The number of imide groups is 1. The predicted molar refractivity (Wildman–Crippen MR) is 145 cm³/mol. The van der Waals surface area contributed by atoms with E-state index in [4.69, 9.17) is 10.7 Å². The molecule has 0 atom stereocenters. The number of urea groups is 1. The second kappa shape index (κ2) is 12.1. The Bertz CT molecular complexity index is 918. The second-order valence-corrected chi connectivity index (χ2v) is 12.2. The van der Waals surface area contributed by atoms with Crippen LogP contribution in [0.2, 0.25) is 0 Å². The standard InChI is InChI=1S/C31H47N3O2/c32-31(36)34-30(35)29-27(23-17-9-3-10-18-23)25(21-13-5-1-6-14-21)26(22-15-7-2-8-16-22)28(33-29)24-19-11-4-12-20-24/h21-24H,1-20H2,(H3,32,34,35,36). The molecule has 5 rings (SSSR count). The number of carbonyl (C=O) groups excluding carboxylic acids is 2. The number of carbonyl (C=O) groups is 2. The maximum absolute atomic E-state index is 13.6. The minimum absolute atomic E-state index is 0.368. The first-order valence-corrected chi connectivity index (χ1v) is 15.3. The van der Waals surface area contributed by atoms with Gasteiger partial charge in [-0.1, -0.05) is 77.0 Å². The van der Waals surface area contributed by atoms with E-state index in [2.05, 4.69) is 5.32 Å². The van der Waals surface area contributed by atoms with Gasteiger partial charge < -0.3 is 5.73 Å². The first-order chi connectivity index (χ1) is 17.6. The van der Waals surface area contributed by atoms with E-state index in [0.717, 1.165) is 12.8 Å². The molecule has 198 valence electrons. The Labute approximate surface area is 217 Å². The Balaban J connectivity index is 1.75. The number of hydrogen-bond acceptors (Lipinski definition) is 3. The maximum Gasteiger partial charge on any atom is 0.319 e. The fraction of sp³-hybridized carbons (Fsp3) is 0.774. The molecule has 0 radical (unpaired) electrons. The van der Waals surface area contributed by atoms with E-state index in [9.17, 15) is 9.59 Å². The molecule has 0 aliphatic heterocycles. The third-order valence-electron chi connectivity index (χ3n) is 9.83. The largest absolute Gasteiger partial charge is 0.351 e. The van der Waals surface area contributed by atoms with Crippen LogP contribution < -0.4 is 11.1 Å². The van der Waals surface area contributed by atoms with Gasteiger partial charge in [0.2, 0.25) is 0 Å². The van der Waals surface area contributed by atoms with Crippen LogP contribution in [-0.4, -0.2) is 16.9 Å². The zero-order chi connectivity index (χ0) is 24.9. The summed E-state index contributed by atoms with van der Waals surface area (Å²) >= 11 is 0. The van der Waals surface area contributed by atoms with E-state index in [1.165, 1.54) is 132 Å². The van der Waals surface area contributed by atoms with E-state index in [1.54, 1.807) is 5.56 Å². The average molecular weight is 494 g/mol. The van der Waals surface area contributed by atoms with Crippen LogP contribution >= 0.6 is 0 Å². The molecular formula is C31H47N3O2. The third kappa shape index (κ3) is 5.65. The van der Waals surface area contributed by atoms with Gasteiger partial charge in [0.05, 0.1) is 0 Å². The first kappa shape index (κ1) is 25.7. The van der Waals surface area contributed by atoms with Crippen LogP contribution in [0.15, 0.2) is 0 Å². The van der Waals surface area contributed by atoms with Gasteiger partial charge in [-0.25, -0.2) is 9.78 Å². The fourth-order valence-corrected chi connectivity index (χ4v) is 8.14. The molecule has 1 heterocycles. The van der Waals surface area contributed by atoms with Crippen molar-refractivity contribution in [2.45, 2.75) is 152 Å². The van der Waals surface area contributed by atoms with Crippen LogP contribution in [0.1, 0.15) is 185 Å². The number of amides is 3. The molecule has 1 aromatic heterocycles. The zero-order valence-corrected chi connectivity index (χ0v) is 22.3. The summed E-state index contributed by atoms with van der Waals surface area (Å²) in [5.74, 6) is 1.55. The lowest BCUT2D eigenvalue weighted by molar-refractivity contribution is 0.0958. The van der Waals surface area contributed by atoms with Crippen molar-refractivity contribution in [2.24, 2.45) is 5.73 Å². The SMILES string of the molecule is NC(=O)NC(=O)c1nc(C2CCCCC2)c(C2CCCCC2)c(C2CCCCC2)c1C1CCCCC1. The Kier molecular flexibility index (Phi) is 8.64. The van der Waals surface area contributed by atoms with Gasteiger partial charge in [-0.15, -0.1) is 0 Å². The molecule has 5 heteroatoms. The Hall–Kier alpha value is -1.91. The monoisotopic (exact) mass is 493 g/mol. The van der Waals surface area contributed by atoms with Gasteiger partial charge in [-0.3, -0.25) is 10.1 Å². The molecule has 5 nitrogen and oxygen atoms in total. The Morgan fingerprint density at radius 3 is 1.39 bits per heavy atom. The summed E-state index contributed by atoms with van der Waals surface area (Å²) in [6.07, 6.45) is 25.0. The Morgan fingerprint density at radius 2 is 0.944 bits per heavy atom. The van der Waals surface area contributed by atoms with E-state index in [-0.39, 0.29) is 5.91 Å². The summed E-state index contributed by atoms with van der Waals surface area (Å²) in [6.45, 7) is 0. The molecule has 36 heavy (non-hydrogen) atoms. The number of hydrogen-bond donors (Lipinski definition) is 2. The third-order valence-corrected chi connectivity index (χ3v) is 9.83. The molecule has 0 aromatic carbocycles. The number of aromatic nitrogens is 1. The quantitative estimate of drug-likeness (QED) is 0.435. The normalized spacial score (nSPS) is 23.4. The summed E-state index contributed by atoms with van der Waals surface area (Å²) in [5.41, 5.74) is 11.6. The van der Waals surface area contributed by atoms with Crippen molar-refractivity contribution in [3.63, 3.8) is 0 Å². The van der Waals surface area contributed by atoms with Gasteiger partial charge in [0.1, 0.15) is 5.69 Å². The van der Waals surface area contributed by atoms with Crippen LogP contribution in [0.25, 0.3) is 0 Å². The van der Waals surface area contributed by atoms with E-state index in [0.29, 0.717) is 29.4 Å². The second-order valence-electron chi connectivity index (χ2n) is 12.2. The molecule has 4 aliphatic rings. The summed E-state index contributed by atoms with van der Waals surface area (Å²) < 4.78 is 0. The number of nitrogens with zero attached hydrogens (tertiary/aromatic N) is 1. The highest BCUT2D eigenvalue weighted by Gasteiger charge is 2.37. The molecule has 1 aromatic rings. The number of primary amides is 1. The van der Waals surface area contributed by atoms with Crippen molar-refractivity contribution in [3.8, 4) is 0 Å². The van der Waals surface area contributed by atoms with Gasteiger partial charge in [0, 0.05) is 11.6 Å². The summed E-state index contributed by atoms with van der Waals surface area (Å²) in [7, 11) is 0. The molecule has 0 saturated heterocycles. The van der Waals surface area contributed by atoms with Crippen molar-refractivity contribution in [2.75, 3.05) is 0 Å². The smallest absolute Gasteiger partial charge is 0.319 e. The molecule has 4 aliphatic carbocycles. The van der Waals surface area contributed by atoms with Crippen molar-refractivity contribution in [3.05, 3.63) is 28.1 Å². The number of pyridine rings is 1. The fourth-order valence-electron chi connectivity index (χ4n) is 8.14. The first-order valence-electron chi connectivity index (χ1n) is 15.3. The number of nitrogens with one attached hydrogen (secondary N) is 1. The van der Waals surface area contributed by atoms with Crippen LogP contribution in [0, 0.1) is 0 Å². The molecular weight excluding hydrogens is 446 g/mol. The molecule has 3 amide bonds. The summed E-state index contributed by atoms with van der Waals surface area (Å²) in [6, 6.07) is -0.772. The van der Waals surface area contributed by atoms with Crippen molar-refractivity contribution < 1.29 is 9.59 Å². The highest BCUT2D eigenvalue weighted by Crippen LogP contribution is 2.50. The summed E-state index contributed by atoms with van der Waals surface area (Å²) in [4.78, 5) is 30.8. The maximum atomic E-state index is 13.6. The average Bonchev–Trinajstić information content (AvgIpc) is 2.93. The molecule has 0 bridgehead atoms. The van der Waals surface area contributed by atoms with Crippen LogP contribution in [0.3, 0.4) is 0 Å². The lowest BCUT2D eigenvalue weighted by Gasteiger charge is -2.38. The summed E-state index contributed by atoms with van der Waals surface area (Å²) in [5, 5.41) is 2.44. The molecule has 4 saturated carbocycles. The molecule has 3 N–H and O–H groups in total. The molecule has 0 unspecified atom stereocenters. The number of nitrogens with two attached hydrogens (primary N) is 1. The predicted octanol–water partition coefficient (Wildman–Crippen LogP) is 8.08. The van der Waals surface area contributed by atoms with Gasteiger partial charge in [0.15, 0.2) is 0 Å². The van der Waals surface area contributed by atoms with Crippen LogP contribution in [0.4, 0.5) is 4.79 Å². The van der Waals surface area contributed by atoms with E-state index >= 15 is 0 Å². The molecule has 4 fully saturated rings. The molecule has 0 spiro atoms. The van der Waals surface area contributed by atoms with Crippen molar-refractivity contribution >= 4 is 11.9 Å². The van der Waals surface area contributed by atoms with Crippen molar-refractivity contribution in [1.82, 2.24) is 10.3 Å². The minimum Gasteiger partial charge on any atom is -0.351 e. The highest BCUT2D eigenvalue weighted by molar-refractivity contribution is 6.04. The lowest BCUT2D eigenvalue weighted by atomic mass is 9.68. The van der Waals surface area contributed by atoms with Gasteiger partial charge in [-0.2, -0.15) is 0 Å².